The smallest absolute Gasteiger partial charge is 0.256 e. The summed E-state index contributed by atoms with van der Waals surface area (Å²) < 4.78 is 0. The van der Waals surface area contributed by atoms with Gasteiger partial charge < -0.3 is 37.7 Å². The first-order chi connectivity index (χ1) is 18.3. The maximum absolute atomic E-state index is 12.9. The summed E-state index contributed by atoms with van der Waals surface area (Å²) >= 11 is 0. The van der Waals surface area contributed by atoms with Gasteiger partial charge in [0.25, 0.3) is 5.91 Å². The predicted molar refractivity (Wildman–Crippen MR) is 155 cm³/mol. The molecule has 206 valence electrons. The van der Waals surface area contributed by atoms with Crippen molar-refractivity contribution in [3.05, 3.63) is 47.6 Å². The average molecular weight is 532 g/mol. The van der Waals surface area contributed by atoms with Gasteiger partial charge in [-0.25, -0.2) is 15.0 Å². The van der Waals surface area contributed by atoms with E-state index < -0.39 is 5.91 Å². The van der Waals surface area contributed by atoms with E-state index >= 15 is 0 Å². The van der Waals surface area contributed by atoms with Gasteiger partial charge in [-0.05, 0) is 44.5 Å². The molecule has 2 unspecified atom stereocenters. The van der Waals surface area contributed by atoms with Crippen LogP contribution in [0.3, 0.4) is 0 Å². The molecule has 0 aliphatic carbocycles. The van der Waals surface area contributed by atoms with Crippen molar-refractivity contribution < 1.29 is 4.79 Å². The molecule has 39 heavy (non-hydrogen) atoms. The van der Waals surface area contributed by atoms with E-state index in [0.717, 1.165) is 18.7 Å². The molecule has 3 heterocycles. The lowest BCUT2D eigenvalue weighted by molar-refractivity contribution is 0.0965. The molecule has 0 radical (unpaired) electrons. The largest absolute Gasteiger partial charge is 0.385 e. The zero-order valence-corrected chi connectivity index (χ0v) is 23.3. The molecule has 0 saturated carbocycles. The molecule has 1 amide bonds. The van der Waals surface area contributed by atoms with Crippen LogP contribution in [0.25, 0.3) is 11.0 Å². The number of nitrogen functional groups attached to an aromatic ring is 1. The van der Waals surface area contributed by atoms with Crippen LogP contribution in [0.1, 0.15) is 50.5 Å². The number of hydrogen-bond acceptors (Lipinski definition) is 11. The van der Waals surface area contributed by atoms with Crippen LogP contribution in [-0.2, 0) is 0 Å². The number of fused-ring (bicyclic) bond motifs is 1. The van der Waals surface area contributed by atoms with E-state index in [2.05, 4.69) is 49.6 Å². The summed E-state index contributed by atoms with van der Waals surface area (Å²) in [5.41, 5.74) is 15.1. The summed E-state index contributed by atoms with van der Waals surface area (Å²) in [4.78, 5) is 33.1. The Kier molecular flexibility index (Phi) is 7.68. The molecule has 1 fully saturated rings. The molecular weight excluding hydrogens is 494 g/mol. The normalized spacial score (nSPS) is 18.2. The van der Waals surface area contributed by atoms with Crippen LogP contribution in [0.2, 0.25) is 0 Å². The Morgan fingerprint density at radius 1 is 1.15 bits per heavy atom. The first-order valence-corrected chi connectivity index (χ1v) is 12.9. The third-order valence-electron chi connectivity index (χ3n) is 6.46. The van der Waals surface area contributed by atoms with Gasteiger partial charge in [-0.15, -0.1) is 0 Å². The van der Waals surface area contributed by atoms with Crippen LogP contribution in [0, 0.1) is 17.7 Å². The van der Waals surface area contributed by atoms with Crippen molar-refractivity contribution in [3.8, 4) is 0 Å². The van der Waals surface area contributed by atoms with Crippen LogP contribution in [0.15, 0.2) is 36.4 Å². The molecule has 8 N–H and O–H groups in total. The lowest BCUT2D eigenvalue weighted by Gasteiger charge is -2.36. The fourth-order valence-electron chi connectivity index (χ4n) is 4.32. The molecule has 1 aliphatic heterocycles. The molecule has 12 heteroatoms. The maximum Gasteiger partial charge on any atom is 0.256 e. The van der Waals surface area contributed by atoms with Crippen LogP contribution < -0.4 is 32.3 Å². The van der Waals surface area contributed by atoms with Gasteiger partial charge in [0.1, 0.15) is 23.2 Å². The van der Waals surface area contributed by atoms with Crippen molar-refractivity contribution in [2.24, 2.45) is 11.1 Å². The van der Waals surface area contributed by atoms with E-state index in [0.29, 0.717) is 39.8 Å². The van der Waals surface area contributed by atoms with Crippen LogP contribution in [-0.4, -0.2) is 56.7 Å². The number of rotatable bonds is 6. The van der Waals surface area contributed by atoms with Crippen molar-refractivity contribution in [1.82, 2.24) is 30.6 Å². The van der Waals surface area contributed by atoms with Gasteiger partial charge in [0.15, 0.2) is 11.6 Å². The Morgan fingerprint density at radius 2 is 1.85 bits per heavy atom. The summed E-state index contributed by atoms with van der Waals surface area (Å²) in [6.45, 7) is 13.4. The summed E-state index contributed by atoms with van der Waals surface area (Å²) in [7, 11) is 0. The van der Waals surface area contributed by atoms with Gasteiger partial charge in [0, 0.05) is 47.6 Å². The Balaban J connectivity index is 1.63. The SMILES string of the molecule is Cc1ccc(C(=O)N/C(N)=C/C(=N)C(C)(C)C)cc1Nc1ncnc2c(N)nc(N3CC(C)NC(C)C3)nc12. The molecule has 1 aliphatic rings. The van der Waals surface area contributed by atoms with Gasteiger partial charge in [0.05, 0.1) is 0 Å². The minimum absolute atomic E-state index is 0.105. The van der Waals surface area contributed by atoms with Crippen molar-refractivity contribution >= 4 is 45.9 Å². The number of amides is 1. The van der Waals surface area contributed by atoms with Crippen LogP contribution in [0.5, 0.6) is 0 Å². The highest BCUT2D eigenvalue weighted by Gasteiger charge is 2.24. The number of aryl methyl sites for hydroxylation is 1. The molecule has 0 bridgehead atoms. The summed E-state index contributed by atoms with van der Waals surface area (Å²) in [5, 5.41) is 17.6. The quantitative estimate of drug-likeness (QED) is 0.258. The number of allylic oxidation sites excluding steroid dienone is 1. The minimum Gasteiger partial charge on any atom is -0.385 e. The Bertz CT molecular complexity index is 1430. The zero-order valence-electron chi connectivity index (χ0n) is 23.3. The standard InChI is InChI=1S/C27H37N11O/c1-14-7-8-17(25(39)35-20(29)10-19(28)27(4,5)6)9-18(14)34-24-22-21(31-13-32-24)23(30)37-26(36-22)38-11-15(2)33-16(3)12-38/h7-10,13,15-16,28,33H,11-12,29H2,1-6H3,(H,35,39)(H2,30,36,37)(H,31,32,34)/b20-10+,28-19?. The van der Waals surface area contributed by atoms with E-state index in [1.54, 1.807) is 12.1 Å². The number of aromatic nitrogens is 4. The van der Waals surface area contributed by atoms with Crippen LogP contribution >= 0.6 is 0 Å². The Labute approximate surface area is 228 Å². The first kappa shape index (κ1) is 27.7. The molecule has 12 nitrogen and oxygen atoms in total. The molecule has 0 spiro atoms. The maximum atomic E-state index is 12.9. The second kappa shape index (κ2) is 10.8. The third-order valence-corrected chi connectivity index (χ3v) is 6.46. The van der Waals surface area contributed by atoms with Gasteiger partial charge in [0.2, 0.25) is 5.95 Å². The average Bonchev–Trinajstić information content (AvgIpc) is 2.84. The number of nitrogens with zero attached hydrogens (tertiary/aromatic N) is 5. The highest BCUT2D eigenvalue weighted by Crippen LogP contribution is 2.28. The number of nitrogens with two attached hydrogens (primary N) is 2. The van der Waals surface area contributed by atoms with Gasteiger partial charge in [-0.2, -0.15) is 4.98 Å². The molecule has 2 atom stereocenters. The number of anilines is 4. The number of carbonyl (C=O) groups excluding carboxylic acids is 1. The highest BCUT2D eigenvalue weighted by molar-refractivity contribution is 6.00. The summed E-state index contributed by atoms with van der Waals surface area (Å²) in [6.07, 6.45) is 2.86. The number of benzene rings is 1. The van der Waals surface area contributed by atoms with Crippen LogP contribution in [0.4, 0.5) is 23.3 Å². The molecule has 1 aromatic carbocycles. The molecule has 4 rings (SSSR count). The van der Waals surface area contributed by atoms with Crippen molar-refractivity contribution in [2.75, 3.05) is 29.0 Å². The van der Waals surface area contributed by atoms with Crippen molar-refractivity contribution in [3.63, 3.8) is 0 Å². The van der Waals surface area contributed by atoms with E-state index in [-0.39, 0.29) is 29.1 Å². The topological polar surface area (TPSA) is 184 Å². The number of carbonyl (C=O) groups is 1. The molecule has 2 aromatic heterocycles. The number of nitrogens with one attached hydrogen (secondary N) is 4. The molecular formula is C27H37N11O. The second-order valence-electron chi connectivity index (χ2n) is 11.1. The van der Waals surface area contributed by atoms with Crippen molar-refractivity contribution in [2.45, 2.75) is 53.6 Å². The van der Waals surface area contributed by atoms with Gasteiger partial charge >= 0.3 is 0 Å². The van der Waals surface area contributed by atoms with E-state index in [1.165, 1.54) is 12.4 Å². The summed E-state index contributed by atoms with van der Waals surface area (Å²) in [6, 6.07) is 5.81. The van der Waals surface area contributed by atoms with Gasteiger partial charge in [-0.1, -0.05) is 26.8 Å². The lowest BCUT2D eigenvalue weighted by Crippen LogP contribution is -2.54. The first-order valence-electron chi connectivity index (χ1n) is 12.9. The van der Waals surface area contributed by atoms with E-state index in [9.17, 15) is 4.79 Å². The minimum atomic E-state index is -0.392. The van der Waals surface area contributed by atoms with Crippen molar-refractivity contribution in [1.29, 1.82) is 5.41 Å². The Morgan fingerprint density at radius 3 is 2.51 bits per heavy atom. The monoisotopic (exact) mass is 531 g/mol. The molecule has 1 saturated heterocycles. The van der Waals surface area contributed by atoms with E-state index in [4.69, 9.17) is 21.9 Å². The number of piperazine rings is 1. The molecule has 3 aromatic rings. The fourth-order valence-corrected chi connectivity index (χ4v) is 4.32. The lowest BCUT2D eigenvalue weighted by atomic mass is 9.90. The number of hydrogen-bond donors (Lipinski definition) is 6. The predicted octanol–water partition coefficient (Wildman–Crippen LogP) is 2.84. The second-order valence-corrected chi connectivity index (χ2v) is 11.1. The fraction of sp³-hybridized carbons (Fsp3) is 0.407. The zero-order chi connectivity index (χ0) is 28.5. The summed E-state index contributed by atoms with van der Waals surface area (Å²) in [5.74, 6) is 0.952. The highest BCUT2D eigenvalue weighted by atomic mass is 16.1. The third kappa shape index (κ3) is 6.40. The van der Waals surface area contributed by atoms with E-state index in [1.807, 2.05) is 33.8 Å². The Hall–Kier alpha value is -4.32. The van der Waals surface area contributed by atoms with Gasteiger partial charge in [-0.3, -0.25) is 4.79 Å².